The van der Waals surface area contributed by atoms with E-state index >= 15 is 0 Å². The van der Waals surface area contributed by atoms with Crippen LogP contribution in [0.5, 0.6) is 0 Å². The third kappa shape index (κ3) is 1.96. The highest BCUT2D eigenvalue weighted by Crippen LogP contribution is 2.34. The van der Waals surface area contributed by atoms with Crippen LogP contribution in [0, 0.1) is 10.1 Å². The van der Waals surface area contributed by atoms with Gasteiger partial charge >= 0.3 is 11.6 Å². The summed E-state index contributed by atoms with van der Waals surface area (Å²) in [5.41, 5.74) is -0.461. The van der Waals surface area contributed by atoms with Gasteiger partial charge in [0.25, 0.3) is 5.91 Å². The molecule has 1 heterocycles. The number of imide groups is 1. The van der Waals surface area contributed by atoms with Crippen LogP contribution in [0.3, 0.4) is 0 Å². The van der Waals surface area contributed by atoms with E-state index in [1.54, 1.807) is 30.3 Å². The number of rotatable bonds is 2. The zero-order valence-electron chi connectivity index (χ0n) is 10.4. The largest absolute Gasteiger partial charge is 0.340 e. The fourth-order valence-electron chi connectivity index (χ4n) is 2.26. The van der Waals surface area contributed by atoms with Gasteiger partial charge < -0.3 is 0 Å². The molecule has 6 nitrogen and oxygen atoms in total. The van der Waals surface area contributed by atoms with Crippen LogP contribution in [0.15, 0.2) is 48.2 Å². The van der Waals surface area contributed by atoms with Gasteiger partial charge in [0.15, 0.2) is 0 Å². The van der Waals surface area contributed by atoms with Gasteiger partial charge in [-0.2, -0.15) is 0 Å². The minimum atomic E-state index is -0.947. The van der Waals surface area contributed by atoms with Crippen LogP contribution in [-0.2, 0) is 9.59 Å². The van der Waals surface area contributed by atoms with E-state index in [2.05, 4.69) is 0 Å². The lowest BCUT2D eigenvalue weighted by molar-refractivity contribution is -0.418. The number of anilines is 1. The highest BCUT2D eigenvalue weighted by molar-refractivity contribution is 6.37. The molecule has 0 aromatic heterocycles. The Bertz CT molecular complexity index is 844. The smallest absolute Gasteiger partial charge is 0.269 e. The lowest BCUT2D eigenvalue weighted by Crippen LogP contribution is -2.32. The highest BCUT2D eigenvalue weighted by atomic mass is 35.5. The van der Waals surface area contributed by atoms with Crippen molar-refractivity contribution < 1.29 is 14.5 Å². The summed E-state index contributed by atoms with van der Waals surface area (Å²) in [7, 11) is 0. The first-order valence-corrected chi connectivity index (χ1v) is 6.30. The van der Waals surface area contributed by atoms with Crippen LogP contribution in [0.25, 0.3) is 10.8 Å². The molecule has 104 valence electrons. The first-order chi connectivity index (χ1) is 10.0. The third-order valence-corrected chi connectivity index (χ3v) is 3.52. The minimum Gasteiger partial charge on any atom is -0.269 e. The molecule has 7 heteroatoms. The second-order valence-corrected chi connectivity index (χ2v) is 4.78. The average molecular weight is 303 g/mol. The van der Waals surface area contributed by atoms with Crippen molar-refractivity contribution in [3.05, 3.63) is 63.3 Å². The molecule has 0 bridgehead atoms. The van der Waals surface area contributed by atoms with Crippen molar-refractivity contribution in [1.82, 2.24) is 0 Å². The van der Waals surface area contributed by atoms with Crippen molar-refractivity contribution in [2.45, 2.75) is 0 Å². The van der Waals surface area contributed by atoms with E-state index in [-0.39, 0.29) is 5.69 Å². The molecule has 0 radical (unpaired) electrons. The van der Waals surface area contributed by atoms with Gasteiger partial charge in [-0.3, -0.25) is 19.7 Å². The molecule has 1 aliphatic heterocycles. The second-order valence-electron chi connectivity index (χ2n) is 4.38. The molecule has 0 atom stereocenters. The zero-order chi connectivity index (χ0) is 15.1. The third-order valence-electron chi connectivity index (χ3n) is 3.19. The number of hydrogen-bond donors (Lipinski definition) is 0. The van der Waals surface area contributed by atoms with Gasteiger partial charge in [0.2, 0.25) is 0 Å². The van der Waals surface area contributed by atoms with Gasteiger partial charge in [-0.05, 0) is 12.1 Å². The maximum atomic E-state index is 12.0. The number of hydrogen-bond acceptors (Lipinski definition) is 4. The Balaban J connectivity index is 2.19. The van der Waals surface area contributed by atoms with Crippen LogP contribution in [0.4, 0.5) is 5.69 Å². The van der Waals surface area contributed by atoms with Gasteiger partial charge in [0, 0.05) is 15.8 Å². The lowest BCUT2D eigenvalue weighted by atomic mass is 10.1. The van der Waals surface area contributed by atoms with Crippen LogP contribution in [0.1, 0.15) is 0 Å². The standard InChI is InChI=1S/C14H7ClN2O4/c15-10-5-6-11(9-4-2-1-3-8(9)10)16-13(18)7-12(14(16)19)17(20)21/h1-7H. The molecule has 0 N–H and O–H groups in total. The molecule has 2 amide bonds. The Kier molecular flexibility index (Phi) is 2.95. The van der Waals surface area contributed by atoms with E-state index in [1.807, 2.05) is 0 Å². The maximum absolute atomic E-state index is 12.0. The van der Waals surface area contributed by atoms with Crippen LogP contribution >= 0.6 is 11.6 Å². The zero-order valence-corrected chi connectivity index (χ0v) is 11.2. The predicted octanol–water partition coefficient (Wildman–Crippen LogP) is 2.53. The number of carbonyl (C=O) groups excluding carboxylic acids is 2. The van der Waals surface area contributed by atoms with E-state index in [1.165, 1.54) is 6.07 Å². The minimum absolute atomic E-state index is 0.276. The number of halogens is 1. The van der Waals surface area contributed by atoms with Crippen molar-refractivity contribution in [1.29, 1.82) is 0 Å². The fraction of sp³-hybridized carbons (Fsp3) is 0. The second kappa shape index (κ2) is 4.68. The Morgan fingerprint density at radius 2 is 1.71 bits per heavy atom. The van der Waals surface area contributed by atoms with E-state index in [0.717, 1.165) is 11.0 Å². The fourth-order valence-corrected chi connectivity index (χ4v) is 2.49. The van der Waals surface area contributed by atoms with Gasteiger partial charge in [0.1, 0.15) is 0 Å². The quantitative estimate of drug-likeness (QED) is 0.485. The molecule has 0 saturated heterocycles. The number of nitro groups is 1. The average Bonchev–Trinajstić information content (AvgIpc) is 2.76. The summed E-state index contributed by atoms with van der Waals surface area (Å²) in [4.78, 5) is 34.7. The SMILES string of the molecule is O=C1C=C([N+](=O)[O-])C(=O)N1c1ccc(Cl)c2ccccc12. The molecule has 2 aromatic carbocycles. The normalized spacial score (nSPS) is 14.7. The molecule has 0 spiro atoms. The molecule has 21 heavy (non-hydrogen) atoms. The highest BCUT2D eigenvalue weighted by Gasteiger charge is 2.40. The first-order valence-electron chi connectivity index (χ1n) is 5.92. The van der Waals surface area contributed by atoms with Crippen molar-refractivity contribution in [2.24, 2.45) is 0 Å². The Morgan fingerprint density at radius 3 is 2.33 bits per heavy atom. The lowest BCUT2D eigenvalue weighted by Gasteiger charge is -2.16. The van der Waals surface area contributed by atoms with Gasteiger partial charge in [-0.25, -0.2) is 4.90 Å². The number of amides is 2. The van der Waals surface area contributed by atoms with Crippen molar-refractivity contribution in [2.75, 3.05) is 4.90 Å². The monoisotopic (exact) mass is 302 g/mol. The van der Waals surface area contributed by atoms with E-state index in [9.17, 15) is 19.7 Å². The van der Waals surface area contributed by atoms with Gasteiger partial charge in [-0.15, -0.1) is 0 Å². The molecular weight excluding hydrogens is 296 g/mol. The van der Waals surface area contributed by atoms with Crippen LogP contribution < -0.4 is 4.90 Å². The first kappa shape index (κ1) is 13.3. The summed E-state index contributed by atoms with van der Waals surface area (Å²) >= 11 is 6.08. The van der Waals surface area contributed by atoms with Crippen LogP contribution in [-0.4, -0.2) is 16.7 Å². The van der Waals surface area contributed by atoms with Gasteiger partial charge in [-0.1, -0.05) is 35.9 Å². The van der Waals surface area contributed by atoms with E-state index in [0.29, 0.717) is 15.8 Å². The molecule has 0 aliphatic carbocycles. The maximum Gasteiger partial charge on any atom is 0.340 e. The van der Waals surface area contributed by atoms with Crippen LogP contribution in [0.2, 0.25) is 5.02 Å². The summed E-state index contributed by atoms with van der Waals surface area (Å²) < 4.78 is 0. The Hall–Kier alpha value is -2.73. The van der Waals surface area contributed by atoms with Crippen molar-refractivity contribution in [3.8, 4) is 0 Å². The molecule has 0 unspecified atom stereocenters. The van der Waals surface area contributed by atoms with Gasteiger partial charge in [0.05, 0.1) is 16.7 Å². The Morgan fingerprint density at radius 1 is 1.05 bits per heavy atom. The van der Waals surface area contributed by atoms with Crippen molar-refractivity contribution >= 4 is 39.9 Å². The molecule has 2 aromatic rings. The topological polar surface area (TPSA) is 80.5 Å². The van der Waals surface area contributed by atoms with E-state index < -0.39 is 22.4 Å². The van der Waals surface area contributed by atoms with E-state index in [4.69, 9.17) is 11.6 Å². The number of benzene rings is 2. The summed E-state index contributed by atoms with van der Waals surface area (Å²) in [6.07, 6.45) is 0.728. The molecular formula is C14H7ClN2O4. The molecule has 1 aliphatic rings. The molecule has 0 saturated carbocycles. The summed E-state index contributed by atoms with van der Waals surface area (Å²) in [6, 6.07) is 9.98. The summed E-state index contributed by atoms with van der Waals surface area (Å²) in [5, 5.41) is 12.5. The number of carbonyl (C=O) groups is 2. The molecule has 0 fully saturated rings. The predicted molar refractivity (Wildman–Crippen MR) is 76.5 cm³/mol. The summed E-state index contributed by atoms with van der Waals surface area (Å²) in [5.74, 6) is -1.68. The number of fused-ring (bicyclic) bond motifs is 1. The van der Waals surface area contributed by atoms with Crippen molar-refractivity contribution in [3.63, 3.8) is 0 Å². The summed E-state index contributed by atoms with van der Waals surface area (Å²) in [6.45, 7) is 0. The number of nitrogens with zero attached hydrogens (tertiary/aromatic N) is 2. The Labute approximate surface area is 123 Å². The molecule has 3 rings (SSSR count).